The summed E-state index contributed by atoms with van der Waals surface area (Å²) in [4.78, 5) is 25.6. The van der Waals surface area contributed by atoms with Gasteiger partial charge < -0.3 is 20.7 Å². The van der Waals surface area contributed by atoms with Crippen LogP contribution in [0, 0.1) is 11.6 Å². The molecule has 0 spiro atoms. The Morgan fingerprint density at radius 2 is 2.06 bits per heavy atom. The van der Waals surface area contributed by atoms with Crippen LogP contribution in [0.1, 0.15) is 31.8 Å². The summed E-state index contributed by atoms with van der Waals surface area (Å²) >= 11 is 0. The molecular formula is C23H24F2N6O2. The third kappa shape index (κ3) is 4.84. The lowest BCUT2D eigenvalue weighted by Crippen LogP contribution is -2.39. The van der Waals surface area contributed by atoms with E-state index in [4.69, 9.17) is 10.5 Å². The van der Waals surface area contributed by atoms with Crippen LogP contribution in [-0.2, 0) is 6.42 Å². The number of hydrogen-bond donors (Lipinski definition) is 2. The van der Waals surface area contributed by atoms with Gasteiger partial charge in [-0.3, -0.25) is 4.98 Å². The molecule has 0 radical (unpaired) electrons. The summed E-state index contributed by atoms with van der Waals surface area (Å²) in [5, 5.41) is 2.43. The molecule has 8 nitrogen and oxygen atoms in total. The lowest BCUT2D eigenvalue weighted by molar-refractivity contribution is 0.259. The quantitative estimate of drug-likeness (QED) is 0.585. The maximum atomic E-state index is 14.9. The summed E-state index contributed by atoms with van der Waals surface area (Å²) < 4.78 is 35.1. The highest BCUT2D eigenvalue weighted by Gasteiger charge is 2.26. The Kier molecular flexibility index (Phi) is 6.34. The number of primary amides is 1. The SMILES string of the molecule is CCC(C)N1CCOc2c(F)cc(-c3nc(Cc4ccc(NC(N)=O)cn4)ncc3F)cc21. The highest BCUT2D eigenvalue weighted by molar-refractivity contribution is 5.87. The van der Waals surface area contributed by atoms with E-state index in [9.17, 15) is 13.6 Å². The van der Waals surface area contributed by atoms with E-state index < -0.39 is 17.7 Å². The Bertz CT molecular complexity index is 1170. The third-order valence-corrected chi connectivity index (χ3v) is 5.53. The number of nitrogens with zero attached hydrogens (tertiary/aromatic N) is 4. The first-order chi connectivity index (χ1) is 15.9. The van der Waals surface area contributed by atoms with Crippen molar-refractivity contribution in [2.75, 3.05) is 23.4 Å². The molecule has 1 atom stereocenters. The summed E-state index contributed by atoms with van der Waals surface area (Å²) in [5.74, 6) is -0.718. The fraction of sp³-hybridized carbons (Fsp3) is 0.304. The summed E-state index contributed by atoms with van der Waals surface area (Å²) in [6.07, 6.45) is 3.62. The fourth-order valence-corrected chi connectivity index (χ4v) is 3.72. The van der Waals surface area contributed by atoms with Crippen LogP contribution in [0.15, 0.2) is 36.7 Å². The molecule has 0 saturated heterocycles. The molecule has 0 aliphatic carbocycles. The third-order valence-electron chi connectivity index (χ3n) is 5.53. The molecule has 0 saturated carbocycles. The summed E-state index contributed by atoms with van der Waals surface area (Å²) in [5.41, 5.74) is 7.04. The second kappa shape index (κ2) is 9.35. The van der Waals surface area contributed by atoms with Crippen molar-refractivity contribution in [2.45, 2.75) is 32.7 Å². The van der Waals surface area contributed by atoms with Crippen molar-refractivity contribution in [2.24, 2.45) is 5.73 Å². The van der Waals surface area contributed by atoms with Crippen LogP contribution in [0.25, 0.3) is 11.3 Å². The number of amides is 2. The number of aromatic nitrogens is 3. The van der Waals surface area contributed by atoms with Gasteiger partial charge in [-0.2, -0.15) is 0 Å². The number of nitrogens with one attached hydrogen (secondary N) is 1. The van der Waals surface area contributed by atoms with Gasteiger partial charge in [0, 0.05) is 17.3 Å². The standard InChI is InChI=1S/C23H24F2N6O2/c1-3-13(2)31-6-7-33-22-17(24)8-14(9-19(22)31)21-18(25)12-28-20(30-21)10-15-4-5-16(11-27-15)29-23(26)32/h4-5,8-9,11-13H,3,6-7,10H2,1-2H3,(H3,26,29,32). The van der Waals surface area contributed by atoms with E-state index >= 15 is 0 Å². The van der Waals surface area contributed by atoms with Gasteiger partial charge >= 0.3 is 6.03 Å². The Hall–Kier alpha value is -3.82. The number of fused-ring (bicyclic) bond motifs is 1. The largest absolute Gasteiger partial charge is 0.486 e. The van der Waals surface area contributed by atoms with Crippen LogP contribution in [0.2, 0.25) is 0 Å². The number of carbonyl (C=O) groups is 1. The van der Waals surface area contributed by atoms with Crippen LogP contribution in [0.4, 0.5) is 25.0 Å². The number of anilines is 2. The lowest BCUT2D eigenvalue weighted by atomic mass is 10.1. The molecule has 10 heteroatoms. The van der Waals surface area contributed by atoms with Crippen molar-refractivity contribution in [3.63, 3.8) is 0 Å². The molecule has 1 aliphatic heterocycles. The molecule has 1 unspecified atom stereocenters. The summed E-state index contributed by atoms with van der Waals surface area (Å²) in [7, 11) is 0. The number of rotatable bonds is 6. The smallest absolute Gasteiger partial charge is 0.316 e. The van der Waals surface area contributed by atoms with E-state index in [1.807, 2.05) is 0 Å². The van der Waals surface area contributed by atoms with Gasteiger partial charge in [0.1, 0.15) is 18.1 Å². The summed E-state index contributed by atoms with van der Waals surface area (Å²) in [6.45, 7) is 5.12. The van der Waals surface area contributed by atoms with Gasteiger partial charge in [0.2, 0.25) is 0 Å². The number of urea groups is 1. The number of nitrogens with two attached hydrogens (primary N) is 1. The fourth-order valence-electron chi connectivity index (χ4n) is 3.72. The number of ether oxygens (including phenoxy) is 1. The van der Waals surface area contributed by atoms with E-state index in [1.165, 1.54) is 12.3 Å². The van der Waals surface area contributed by atoms with Crippen LogP contribution >= 0.6 is 0 Å². The maximum absolute atomic E-state index is 14.9. The Balaban J connectivity index is 1.65. The van der Waals surface area contributed by atoms with Crippen LogP contribution in [-0.4, -0.2) is 40.2 Å². The number of hydrogen-bond acceptors (Lipinski definition) is 6. The molecule has 2 amide bonds. The second-order valence-corrected chi connectivity index (χ2v) is 7.79. The number of carbonyl (C=O) groups excluding carboxylic acids is 1. The molecule has 3 N–H and O–H groups in total. The van der Waals surface area contributed by atoms with Crippen molar-refractivity contribution in [1.29, 1.82) is 0 Å². The molecule has 3 aromatic rings. The van der Waals surface area contributed by atoms with Gasteiger partial charge in [-0.15, -0.1) is 0 Å². The second-order valence-electron chi connectivity index (χ2n) is 7.79. The van der Waals surface area contributed by atoms with E-state index in [1.54, 1.807) is 18.2 Å². The maximum Gasteiger partial charge on any atom is 0.316 e. The lowest BCUT2D eigenvalue weighted by Gasteiger charge is -2.36. The van der Waals surface area contributed by atoms with Crippen molar-refractivity contribution in [3.8, 4) is 17.0 Å². The molecule has 4 rings (SSSR count). The average molecular weight is 454 g/mol. The predicted octanol–water partition coefficient (Wildman–Crippen LogP) is 3.90. The first-order valence-electron chi connectivity index (χ1n) is 10.6. The Labute approximate surface area is 189 Å². The monoisotopic (exact) mass is 454 g/mol. The van der Waals surface area contributed by atoms with Gasteiger partial charge in [-0.25, -0.2) is 23.5 Å². The van der Waals surface area contributed by atoms with E-state index in [-0.39, 0.29) is 23.9 Å². The van der Waals surface area contributed by atoms with Crippen molar-refractivity contribution in [3.05, 3.63) is 59.8 Å². The Morgan fingerprint density at radius 3 is 2.76 bits per heavy atom. The van der Waals surface area contributed by atoms with Gasteiger partial charge in [-0.05, 0) is 37.6 Å². The van der Waals surface area contributed by atoms with Gasteiger partial charge in [0.15, 0.2) is 17.4 Å². The molecule has 0 bridgehead atoms. The molecule has 2 aromatic heterocycles. The molecule has 33 heavy (non-hydrogen) atoms. The minimum atomic E-state index is -0.689. The van der Waals surface area contributed by atoms with E-state index in [0.717, 1.165) is 12.6 Å². The normalized spacial score (nSPS) is 13.8. The number of pyridine rings is 1. The first-order valence-corrected chi connectivity index (χ1v) is 10.6. The van der Waals surface area contributed by atoms with Crippen LogP contribution in [0.3, 0.4) is 0 Å². The summed E-state index contributed by atoms with van der Waals surface area (Å²) in [6, 6.07) is 5.74. The number of benzene rings is 1. The molecule has 172 valence electrons. The van der Waals surface area contributed by atoms with Crippen LogP contribution in [0.5, 0.6) is 5.75 Å². The van der Waals surface area contributed by atoms with Gasteiger partial charge in [0.05, 0.1) is 36.7 Å². The molecule has 1 aliphatic rings. The van der Waals surface area contributed by atoms with Crippen molar-refractivity contribution < 1.29 is 18.3 Å². The number of halogens is 2. The minimum absolute atomic E-state index is 0.00314. The minimum Gasteiger partial charge on any atom is -0.486 e. The molecule has 3 heterocycles. The Morgan fingerprint density at radius 1 is 1.24 bits per heavy atom. The highest BCUT2D eigenvalue weighted by Crippen LogP contribution is 2.39. The highest BCUT2D eigenvalue weighted by atomic mass is 19.1. The van der Waals surface area contributed by atoms with Crippen molar-refractivity contribution >= 4 is 17.4 Å². The average Bonchev–Trinajstić information content (AvgIpc) is 2.80. The van der Waals surface area contributed by atoms with Crippen LogP contribution < -0.4 is 20.7 Å². The van der Waals surface area contributed by atoms with E-state index in [2.05, 4.69) is 39.0 Å². The molecular weight excluding hydrogens is 430 g/mol. The first kappa shape index (κ1) is 22.4. The molecule has 1 aromatic carbocycles. The molecule has 0 fully saturated rings. The van der Waals surface area contributed by atoms with Gasteiger partial charge in [0.25, 0.3) is 0 Å². The zero-order valence-corrected chi connectivity index (χ0v) is 18.3. The van der Waals surface area contributed by atoms with Gasteiger partial charge in [-0.1, -0.05) is 6.92 Å². The topological polar surface area (TPSA) is 106 Å². The zero-order valence-electron chi connectivity index (χ0n) is 18.3. The van der Waals surface area contributed by atoms with Crippen molar-refractivity contribution in [1.82, 2.24) is 15.0 Å². The zero-order chi connectivity index (χ0) is 23.5. The predicted molar refractivity (Wildman–Crippen MR) is 120 cm³/mol. The van der Waals surface area contributed by atoms with E-state index in [0.29, 0.717) is 41.6 Å².